The van der Waals surface area contributed by atoms with Gasteiger partial charge in [-0.15, -0.1) is 0 Å². The first-order chi connectivity index (χ1) is 10.4. The topological polar surface area (TPSA) is 40.5 Å². The Morgan fingerprint density at radius 3 is 2.55 bits per heavy atom. The Kier molecular flexibility index (Phi) is 3.34. The van der Waals surface area contributed by atoms with Crippen molar-refractivity contribution in [2.75, 3.05) is 0 Å². The molecule has 3 fully saturated rings. The summed E-state index contributed by atoms with van der Waals surface area (Å²) in [5.74, 6) is 2.80. The van der Waals surface area contributed by atoms with Crippen molar-refractivity contribution in [1.29, 1.82) is 0 Å². The Labute approximate surface area is 135 Å². The zero-order valence-electron chi connectivity index (χ0n) is 14.4. The molecule has 2 heteroatoms. The monoisotopic (exact) mass is 304 g/mol. The Morgan fingerprint density at radius 1 is 1.00 bits per heavy atom. The summed E-state index contributed by atoms with van der Waals surface area (Å²) in [5, 5.41) is 20.6. The molecule has 124 valence electrons. The molecule has 0 aliphatic heterocycles. The van der Waals surface area contributed by atoms with Gasteiger partial charge in [0.1, 0.15) is 0 Å². The van der Waals surface area contributed by atoms with Crippen molar-refractivity contribution in [1.82, 2.24) is 0 Å². The molecule has 0 radical (unpaired) electrons. The van der Waals surface area contributed by atoms with E-state index in [4.69, 9.17) is 0 Å². The molecule has 2 nitrogen and oxygen atoms in total. The van der Waals surface area contributed by atoms with Crippen LogP contribution in [0.2, 0.25) is 0 Å². The molecule has 0 aromatic carbocycles. The molecular weight excluding hydrogens is 272 g/mol. The second-order valence-electron chi connectivity index (χ2n) is 9.29. The van der Waals surface area contributed by atoms with Crippen LogP contribution in [0.3, 0.4) is 0 Å². The lowest BCUT2D eigenvalue weighted by Gasteiger charge is -2.59. The van der Waals surface area contributed by atoms with Crippen LogP contribution >= 0.6 is 0 Å². The second-order valence-corrected chi connectivity index (χ2v) is 9.29. The minimum Gasteiger partial charge on any atom is -0.393 e. The van der Waals surface area contributed by atoms with Crippen molar-refractivity contribution < 1.29 is 10.2 Å². The summed E-state index contributed by atoms with van der Waals surface area (Å²) in [6.45, 7) is 7.22. The van der Waals surface area contributed by atoms with E-state index in [2.05, 4.69) is 26.8 Å². The molecule has 0 aromatic rings. The maximum atomic E-state index is 10.5. The Hall–Kier alpha value is -0.340. The van der Waals surface area contributed by atoms with E-state index in [1.807, 2.05) is 0 Å². The van der Waals surface area contributed by atoms with Crippen molar-refractivity contribution >= 4 is 0 Å². The predicted molar refractivity (Wildman–Crippen MR) is 88.3 cm³/mol. The quantitative estimate of drug-likeness (QED) is 0.666. The lowest BCUT2D eigenvalue weighted by molar-refractivity contribution is -0.0847. The number of rotatable bonds is 0. The summed E-state index contributed by atoms with van der Waals surface area (Å²) in [7, 11) is 0. The fraction of sp³-hybridized carbons (Fsp3) is 0.900. The van der Waals surface area contributed by atoms with Gasteiger partial charge in [0.25, 0.3) is 0 Å². The van der Waals surface area contributed by atoms with E-state index in [9.17, 15) is 10.2 Å². The third-order valence-corrected chi connectivity index (χ3v) is 8.36. The molecule has 2 N–H and O–H groups in total. The van der Waals surface area contributed by atoms with Gasteiger partial charge in [-0.05, 0) is 79.4 Å². The summed E-state index contributed by atoms with van der Waals surface area (Å²) in [5.41, 5.74) is 2.01. The van der Waals surface area contributed by atoms with Crippen LogP contribution < -0.4 is 0 Å². The highest BCUT2D eigenvalue weighted by molar-refractivity contribution is 5.26. The maximum Gasteiger partial charge on any atom is 0.0596 e. The SMILES string of the molecule is C[C@H]1C=C2C[C@@H](O)CC[C@]2(C)[C@H]2CC[C@]3(C)[C@@H](O)CC[C@H]3[C@H]12. The van der Waals surface area contributed by atoms with Crippen LogP contribution in [0, 0.1) is 34.5 Å². The number of fused-ring (bicyclic) bond motifs is 5. The van der Waals surface area contributed by atoms with E-state index in [0.29, 0.717) is 17.3 Å². The van der Waals surface area contributed by atoms with Crippen molar-refractivity contribution in [2.45, 2.75) is 77.9 Å². The Morgan fingerprint density at radius 2 is 1.77 bits per heavy atom. The van der Waals surface area contributed by atoms with Gasteiger partial charge in [0.2, 0.25) is 0 Å². The zero-order valence-corrected chi connectivity index (χ0v) is 14.4. The maximum absolute atomic E-state index is 10.5. The van der Waals surface area contributed by atoms with Gasteiger partial charge in [-0.3, -0.25) is 0 Å². The Balaban J connectivity index is 1.73. The molecule has 4 aliphatic rings. The van der Waals surface area contributed by atoms with E-state index in [1.165, 1.54) is 19.3 Å². The van der Waals surface area contributed by atoms with Crippen LogP contribution in [-0.4, -0.2) is 22.4 Å². The average Bonchev–Trinajstić information content (AvgIpc) is 2.77. The number of aliphatic hydroxyl groups is 2. The normalized spacial score (nSPS) is 57.6. The molecule has 4 aliphatic carbocycles. The van der Waals surface area contributed by atoms with Crippen LogP contribution in [0.4, 0.5) is 0 Å². The van der Waals surface area contributed by atoms with Crippen molar-refractivity contribution in [3.63, 3.8) is 0 Å². The smallest absolute Gasteiger partial charge is 0.0596 e. The zero-order chi connectivity index (χ0) is 15.7. The van der Waals surface area contributed by atoms with Gasteiger partial charge in [-0.2, -0.15) is 0 Å². The van der Waals surface area contributed by atoms with Gasteiger partial charge in [0.15, 0.2) is 0 Å². The van der Waals surface area contributed by atoms with Crippen LogP contribution in [0.25, 0.3) is 0 Å². The lowest BCUT2D eigenvalue weighted by Crippen LogP contribution is -2.53. The standard InChI is InChI=1S/C20H32O2/c1-12-10-13-11-14(21)6-8-19(13,2)16-7-9-20(3)15(18(12)16)4-5-17(20)22/h10,12,14-18,21-22H,4-9,11H2,1-3H3/t12-,14-,15-,16-,17-,18-,19-,20-/m0/s1. The van der Waals surface area contributed by atoms with Gasteiger partial charge < -0.3 is 10.2 Å². The minimum absolute atomic E-state index is 0.0861. The Bertz CT molecular complexity index is 498. The first-order valence-corrected chi connectivity index (χ1v) is 9.43. The lowest BCUT2D eigenvalue weighted by atomic mass is 9.46. The molecule has 0 amide bonds. The molecule has 8 atom stereocenters. The summed E-state index contributed by atoms with van der Waals surface area (Å²) < 4.78 is 0. The van der Waals surface area contributed by atoms with Gasteiger partial charge in [-0.25, -0.2) is 0 Å². The van der Waals surface area contributed by atoms with Crippen molar-refractivity contribution in [3.8, 4) is 0 Å². The molecule has 0 unspecified atom stereocenters. The van der Waals surface area contributed by atoms with E-state index < -0.39 is 0 Å². The third-order valence-electron chi connectivity index (χ3n) is 8.36. The van der Waals surface area contributed by atoms with Crippen molar-refractivity contribution in [3.05, 3.63) is 11.6 Å². The first kappa shape index (κ1) is 15.2. The number of allylic oxidation sites excluding steroid dienone is 1. The van der Waals surface area contributed by atoms with E-state index in [-0.39, 0.29) is 17.6 Å². The molecular formula is C20H32O2. The molecule has 0 saturated heterocycles. The van der Waals surface area contributed by atoms with Crippen molar-refractivity contribution in [2.24, 2.45) is 34.5 Å². The first-order valence-electron chi connectivity index (χ1n) is 9.43. The highest BCUT2D eigenvalue weighted by Gasteiger charge is 2.59. The van der Waals surface area contributed by atoms with Crippen LogP contribution in [0.15, 0.2) is 11.6 Å². The number of aliphatic hydroxyl groups excluding tert-OH is 2. The highest BCUT2D eigenvalue weighted by Crippen LogP contribution is 2.65. The molecule has 0 heterocycles. The summed E-state index contributed by atoms with van der Waals surface area (Å²) in [6.07, 6.45) is 10.0. The predicted octanol–water partition coefficient (Wildman–Crippen LogP) is 3.92. The second kappa shape index (κ2) is 4.83. The fourth-order valence-corrected chi connectivity index (χ4v) is 6.97. The molecule has 22 heavy (non-hydrogen) atoms. The number of hydrogen-bond donors (Lipinski definition) is 2. The summed E-state index contributed by atoms with van der Waals surface area (Å²) in [6, 6.07) is 0. The summed E-state index contributed by atoms with van der Waals surface area (Å²) in [4.78, 5) is 0. The third kappa shape index (κ3) is 1.86. The summed E-state index contributed by atoms with van der Waals surface area (Å²) >= 11 is 0. The average molecular weight is 304 g/mol. The number of hydrogen-bond acceptors (Lipinski definition) is 2. The van der Waals surface area contributed by atoms with E-state index in [0.717, 1.165) is 37.5 Å². The highest BCUT2D eigenvalue weighted by atomic mass is 16.3. The van der Waals surface area contributed by atoms with Crippen LogP contribution in [0.5, 0.6) is 0 Å². The molecule has 0 spiro atoms. The van der Waals surface area contributed by atoms with Gasteiger partial charge in [0, 0.05) is 0 Å². The largest absolute Gasteiger partial charge is 0.393 e. The molecule has 4 rings (SSSR count). The van der Waals surface area contributed by atoms with Gasteiger partial charge in [-0.1, -0.05) is 32.4 Å². The van der Waals surface area contributed by atoms with Gasteiger partial charge >= 0.3 is 0 Å². The van der Waals surface area contributed by atoms with Crippen LogP contribution in [-0.2, 0) is 0 Å². The fourth-order valence-electron chi connectivity index (χ4n) is 6.97. The molecule has 0 bridgehead atoms. The molecule has 3 saturated carbocycles. The van der Waals surface area contributed by atoms with E-state index >= 15 is 0 Å². The minimum atomic E-state index is -0.120. The van der Waals surface area contributed by atoms with E-state index in [1.54, 1.807) is 5.57 Å². The van der Waals surface area contributed by atoms with Crippen LogP contribution in [0.1, 0.15) is 65.7 Å². The molecule has 0 aromatic heterocycles. The van der Waals surface area contributed by atoms with Gasteiger partial charge in [0.05, 0.1) is 12.2 Å².